The minimum Gasteiger partial charge on any atom is -0.424 e. The van der Waals surface area contributed by atoms with E-state index in [1.54, 1.807) is 24.3 Å². The maximum absolute atomic E-state index is 12.5. The van der Waals surface area contributed by atoms with Crippen LogP contribution in [0.3, 0.4) is 0 Å². The maximum atomic E-state index is 12.5. The molecule has 6 nitrogen and oxygen atoms in total. The smallest absolute Gasteiger partial charge is 0.253 e. The van der Waals surface area contributed by atoms with E-state index >= 15 is 0 Å². The van der Waals surface area contributed by atoms with E-state index in [4.69, 9.17) is 16.0 Å². The predicted octanol–water partition coefficient (Wildman–Crippen LogP) is 2.80. The van der Waals surface area contributed by atoms with Crippen LogP contribution in [0.25, 0.3) is 0 Å². The summed E-state index contributed by atoms with van der Waals surface area (Å²) < 4.78 is 5.65. The average molecular weight is 349 g/mol. The van der Waals surface area contributed by atoms with Crippen LogP contribution in [-0.4, -0.2) is 52.1 Å². The highest BCUT2D eigenvalue weighted by atomic mass is 35.5. The van der Waals surface area contributed by atoms with Crippen molar-refractivity contribution < 1.29 is 9.21 Å². The molecule has 0 radical (unpaired) electrons. The number of rotatable bonds is 4. The number of carbonyl (C=O) groups excluding carboxylic acids is 1. The highest BCUT2D eigenvalue weighted by Gasteiger charge is 2.23. The lowest BCUT2D eigenvalue weighted by molar-refractivity contribution is 0.0617. The van der Waals surface area contributed by atoms with Gasteiger partial charge in [0.25, 0.3) is 5.91 Å². The van der Waals surface area contributed by atoms with Crippen LogP contribution in [0.2, 0.25) is 5.02 Å². The fourth-order valence-corrected chi connectivity index (χ4v) is 2.77. The van der Waals surface area contributed by atoms with Gasteiger partial charge in [0, 0.05) is 42.7 Å². The van der Waals surface area contributed by atoms with Crippen LogP contribution in [0.1, 0.15) is 41.9 Å². The molecule has 0 unspecified atom stereocenters. The Morgan fingerprint density at radius 3 is 2.42 bits per heavy atom. The van der Waals surface area contributed by atoms with Crippen molar-refractivity contribution in [3.05, 3.63) is 46.6 Å². The molecular weight excluding hydrogens is 328 g/mol. The zero-order valence-corrected chi connectivity index (χ0v) is 14.7. The van der Waals surface area contributed by atoms with E-state index in [1.165, 1.54) is 0 Å². The lowest BCUT2D eigenvalue weighted by Gasteiger charge is -2.34. The van der Waals surface area contributed by atoms with E-state index in [1.807, 2.05) is 18.7 Å². The van der Waals surface area contributed by atoms with Crippen molar-refractivity contribution in [1.29, 1.82) is 0 Å². The van der Waals surface area contributed by atoms with E-state index in [-0.39, 0.29) is 11.8 Å². The Bertz CT molecular complexity index is 691. The van der Waals surface area contributed by atoms with Crippen LogP contribution in [0.15, 0.2) is 28.7 Å². The summed E-state index contributed by atoms with van der Waals surface area (Å²) in [4.78, 5) is 16.6. The van der Waals surface area contributed by atoms with E-state index in [0.29, 0.717) is 42.0 Å². The second-order valence-electron chi connectivity index (χ2n) is 6.26. The number of aromatic nitrogens is 2. The van der Waals surface area contributed by atoms with Crippen molar-refractivity contribution >= 4 is 17.5 Å². The first-order valence-electron chi connectivity index (χ1n) is 8.12. The second kappa shape index (κ2) is 7.32. The molecule has 24 heavy (non-hydrogen) atoms. The van der Waals surface area contributed by atoms with Gasteiger partial charge in [-0.15, -0.1) is 10.2 Å². The minimum absolute atomic E-state index is 0.0474. The molecule has 1 aromatic carbocycles. The summed E-state index contributed by atoms with van der Waals surface area (Å²) in [6.45, 7) is 7.64. The van der Waals surface area contributed by atoms with Gasteiger partial charge in [-0.1, -0.05) is 25.4 Å². The van der Waals surface area contributed by atoms with Crippen molar-refractivity contribution in [2.45, 2.75) is 26.3 Å². The van der Waals surface area contributed by atoms with E-state index in [9.17, 15) is 4.79 Å². The molecule has 0 saturated carbocycles. The van der Waals surface area contributed by atoms with Crippen molar-refractivity contribution in [2.75, 3.05) is 26.2 Å². The predicted molar refractivity (Wildman–Crippen MR) is 91.0 cm³/mol. The minimum atomic E-state index is 0.0474. The van der Waals surface area contributed by atoms with Gasteiger partial charge < -0.3 is 9.32 Å². The molecule has 1 aromatic heterocycles. The van der Waals surface area contributed by atoms with E-state index in [2.05, 4.69) is 15.1 Å². The first-order valence-corrected chi connectivity index (χ1v) is 8.50. The fraction of sp³-hybridized carbons (Fsp3) is 0.471. The van der Waals surface area contributed by atoms with E-state index < -0.39 is 0 Å². The van der Waals surface area contributed by atoms with Gasteiger partial charge in [0.1, 0.15) is 0 Å². The van der Waals surface area contributed by atoms with Gasteiger partial charge >= 0.3 is 0 Å². The monoisotopic (exact) mass is 348 g/mol. The number of hydrogen-bond donors (Lipinski definition) is 0. The first kappa shape index (κ1) is 16.9. The number of piperazine rings is 1. The zero-order valence-electron chi connectivity index (χ0n) is 13.9. The van der Waals surface area contributed by atoms with Crippen LogP contribution in [0.5, 0.6) is 0 Å². The molecule has 0 aliphatic carbocycles. The lowest BCUT2D eigenvalue weighted by atomic mass is 10.2. The Labute approximate surface area is 146 Å². The van der Waals surface area contributed by atoms with E-state index in [0.717, 1.165) is 13.1 Å². The molecule has 2 heterocycles. The van der Waals surface area contributed by atoms with Gasteiger partial charge in [0.05, 0.1) is 6.54 Å². The molecule has 0 N–H and O–H groups in total. The van der Waals surface area contributed by atoms with Crippen LogP contribution < -0.4 is 0 Å². The summed E-state index contributed by atoms with van der Waals surface area (Å²) >= 11 is 5.87. The standard InChI is InChI=1S/C17H21ClN4O2/c1-12(2)16-20-19-15(24-16)11-21-7-9-22(10-8-21)17(23)13-3-5-14(18)6-4-13/h3-6,12H,7-11H2,1-2H3. The number of amides is 1. The molecule has 3 rings (SSSR count). The summed E-state index contributed by atoms with van der Waals surface area (Å²) in [5, 5.41) is 8.78. The summed E-state index contributed by atoms with van der Waals surface area (Å²) in [5.74, 6) is 1.59. The van der Waals surface area contributed by atoms with Crippen LogP contribution in [0.4, 0.5) is 0 Å². The summed E-state index contributed by atoms with van der Waals surface area (Å²) in [6.07, 6.45) is 0. The molecule has 1 fully saturated rings. The quantitative estimate of drug-likeness (QED) is 0.850. The highest BCUT2D eigenvalue weighted by Crippen LogP contribution is 2.16. The molecule has 1 aliphatic heterocycles. The third-order valence-electron chi connectivity index (χ3n) is 4.09. The summed E-state index contributed by atoms with van der Waals surface area (Å²) in [5.41, 5.74) is 0.673. The largest absolute Gasteiger partial charge is 0.424 e. The molecular formula is C17H21ClN4O2. The van der Waals surface area contributed by atoms with Gasteiger partial charge in [-0.2, -0.15) is 0 Å². The SMILES string of the molecule is CC(C)c1nnc(CN2CCN(C(=O)c3ccc(Cl)cc3)CC2)o1. The topological polar surface area (TPSA) is 62.5 Å². The summed E-state index contributed by atoms with van der Waals surface area (Å²) in [7, 11) is 0. The van der Waals surface area contributed by atoms with Crippen LogP contribution >= 0.6 is 11.6 Å². The van der Waals surface area contributed by atoms with Crippen molar-refractivity contribution in [3.8, 4) is 0 Å². The third-order valence-corrected chi connectivity index (χ3v) is 4.34. The molecule has 0 spiro atoms. The third kappa shape index (κ3) is 3.94. The van der Waals surface area contributed by atoms with Gasteiger partial charge in [-0.3, -0.25) is 9.69 Å². The van der Waals surface area contributed by atoms with Crippen molar-refractivity contribution in [2.24, 2.45) is 0 Å². The first-order chi connectivity index (χ1) is 11.5. The zero-order chi connectivity index (χ0) is 17.1. The number of hydrogen-bond acceptors (Lipinski definition) is 5. The van der Waals surface area contributed by atoms with Crippen molar-refractivity contribution in [3.63, 3.8) is 0 Å². The molecule has 1 aliphatic rings. The average Bonchev–Trinajstić information content (AvgIpc) is 3.04. The van der Waals surface area contributed by atoms with Gasteiger partial charge in [-0.25, -0.2) is 0 Å². The lowest BCUT2D eigenvalue weighted by Crippen LogP contribution is -2.48. The van der Waals surface area contributed by atoms with Gasteiger partial charge in [0.15, 0.2) is 0 Å². The van der Waals surface area contributed by atoms with Crippen LogP contribution in [0, 0.1) is 0 Å². The Morgan fingerprint density at radius 1 is 1.17 bits per heavy atom. The highest BCUT2D eigenvalue weighted by molar-refractivity contribution is 6.30. The Hall–Kier alpha value is -1.92. The fourth-order valence-electron chi connectivity index (χ4n) is 2.64. The Balaban J connectivity index is 1.53. The van der Waals surface area contributed by atoms with Gasteiger partial charge in [-0.05, 0) is 24.3 Å². The second-order valence-corrected chi connectivity index (χ2v) is 6.70. The molecule has 1 saturated heterocycles. The summed E-state index contributed by atoms with van der Waals surface area (Å²) in [6, 6.07) is 7.02. The Kier molecular flexibility index (Phi) is 5.16. The number of benzene rings is 1. The molecule has 2 aromatic rings. The Morgan fingerprint density at radius 2 is 1.83 bits per heavy atom. The molecule has 7 heteroatoms. The normalized spacial score (nSPS) is 15.9. The number of carbonyl (C=O) groups is 1. The van der Waals surface area contributed by atoms with Crippen LogP contribution in [-0.2, 0) is 6.54 Å². The van der Waals surface area contributed by atoms with Gasteiger partial charge in [0.2, 0.25) is 11.8 Å². The molecule has 0 bridgehead atoms. The number of nitrogens with zero attached hydrogens (tertiary/aromatic N) is 4. The molecule has 0 atom stereocenters. The number of halogens is 1. The van der Waals surface area contributed by atoms with Crippen molar-refractivity contribution in [1.82, 2.24) is 20.0 Å². The molecule has 1 amide bonds. The molecule has 128 valence electrons. The maximum Gasteiger partial charge on any atom is 0.253 e.